The third-order valence-electron chi connectivity index (χ3n) is 4.09. The summed E-state index contributed by atoms with van der Waals surface area (Å²) in [4.78, 5) is 25.8. The molecule has 1 unspecified atom stereocenters. The van der Waals surface area contributed by atoms with Crippen molar-refractivity contribution in [1.82, 2.24) is 10.2 Å². The molecule has 0 aliphatic carbocycles. The van der Waals surface area contributed by atoms with Crippen LogP contribution in [0.3, 0.4) is 0 Å². The van der Waals surface area contributed by atoms with Gasteiger partial charge < -0.3 is 24.4 Å². The highest BCUT2D eigenvalue weighted by molar-refractivity contribution is 5.95. The molecule has 0 spiro atoms. The number of carbonyl (C=O) groups excluding carboxylic acids is 2. The second kappa shape index (κ2) is 9.76. The number of hydrogen-bond acceptors (Lipinski definition) is 5. The van der Waals surface area contributed by atoms with Gasteiger partial charge in [-0.15, -0.1) is 0 Å². The van der Waals surface area contributed by atoms with E-state index in [0.29, 0.717) is 35.9 Å². The van der Waals surface area contributed by atoms with Crippen molar-refractivity contribution in [3.8, 4) is 17.2 Å². The molecule has 0 saturated heterocycles. The van der Waals surface area contributed by atoms with Crippen LogP contribution in [0, 0.1) is 0 Å². The zero-order valence-corrected chi connectivity index (χ0v) is 15.8. The summed E-state index contributed by atoms with van der Waals surface area (Å²) in [5.41, 5.74) is 0.396. The minimum Gasteiger partial charge on any atom is -0.493 e. The fourth-order valence-electron chi connectivity index (χ4n) is 2.51. The molecule has 0 bridgehead atoms. The van der Waals surface area contributed by atoms with Gasteiger partial charge in [-0.05, 0) is 25.5 Å². The van der Waals surface area contributed by atoms with Gasteiger partial charge in [-0.2, -0.15) is 0 Å². The van der Waals surface area contributed by atoms with Crippen molar-refractivity contribution >= 4 is 11.8 Å². The standard InChI is InChI=1S/C18H28N2O5/c1-7-12(2)20(13(3)21)9-8-19-18(22)14-10-15(23-4)17(25-6)16(11-14)24-5/h10-12H,7-9H2,1-6H3,(H,19,22). The quantitative estimate of drug-likeness (QED) is 0.736. The van der Waals surface area contributed by atoms with E-state index in [1.165, 1.54) is 28.3 Å². The van der Waals surface area contributed by atoms with E-state index in [0.717, 1.165) is 6.42 Å². The number of ether oxygens (including phenoxy) is 3. The molecule has 2 amide bonds. The molecule has 0 fully saturated rings. The first-order chi connectivity index (χ1) is 11.9. The molecule has 0 heterocycles. The van der Waals surface area contributed by atoms with Crippen LogP contribution in [0.15, 0.2) is 12.1 Å². The molecule has 0 aromatic heterocycles. The molecule has 0 aliphatic heterocycles. The van der Waals surface area contributed by atoms with Gasteiger partial charge in [0.2, 0.25) is 11.7 Å². The average molecular weight is 352 g/mol. The zero-order valence-electron chi connectivity index (χ0n) is 15.8. The molecule has 0 radical (unpaired) electrons. The van der Waals surface area contributed by atoms with Crippen LogP contribution < -0.4 is 19.5 Å². The molecule has 1 N–H and O–H groups in total. The normalized spacial score (nSPS) is 11.4. The molecule has 1 aromatic carbocycles. The number of carbonyl (C=O) groups is 2. The highest BCUT2D eigenvalue weighted by Crippen LogP contribution is 2.38. The minimum absolute atomic E-state index is 0.00335. The van der Waals surface area contributed by atoms with E-state index in [2.05, 4.69) is 5.32 Å². The van der Waals surface area contributed by atoms with Crippen molar-refractivity contribution in [2.75, 3.05) is 34.4 Å². The van der Waals surface area contributed by atoms with Crippen molar-refractivity contribution in [2.24, 2.45) is 0 Å². The predicted molar refractivity (Wildman–Crippen MR) is 95.6 cm³/mol. The SMILES string of the molecule is CCC(C)N(CCNC(=O)c1cc(OC)c(OC)c(OC)c1)C(C)=O. The average Bonchev–Trinajstić information content (AvgIpc) is 2.62. The Labute approximate surface area is 149 Å². The molecule has 0 saturated carbocycles. The van der Waals surface area contributed by atoms with Crippen molar-refractivity contribution in [1.29, 1.82) is 0 Å². The van der Waals surface area contributed by atoms with Crippen molar-refractivity contribution in [3.63, 3.8) is 0 Å². The number of nitrogens with zero attached hydrogens (tertiary/aromatic N) is 1. The van der Waals surface area contributed by atoms with Gasteiger partial charge in [0, 0.05) is 31.6 Å². The molecule has 1 atom stereocenters. The number of nitrogens with one attached hydrogen (secondary N) is 1. The van der Waals surface area contributed by atoms with Gasteiger partial charge in [0.05, 0.1) is 21.3 Å². The van der Waals surface area contributed by atoms with Gasteiger partial charge in [0.25, 0.3) is 5.91 Å². The maximum absolute atomic E-state index is 12.4. The molecule has 7 heteroatoms. The fourth-order valence-corrected chi connectivity index (χ4v) is 2.51. The highest BCUT2D eigenvalue weighted by Gasteiger charge is 2.18. The van der Waals surface area contributed by atoms with E-state index in [9.17, 15) is 9.59 Å². The van der Waals surface area contributed by atoms with Crippen LogP contribution in [0.2, 0.25) is 0 Å². The third-order valence-corrected chi connectivity index (χ3v) is 4.09. The second-order valence-corrected chi connectivity index (χ2v) is 5.64. The molecular weight excluding hydrogens is 324 g/mol. The van der Waals surface area contributed by atoms with E-state index in [1.807, 2.05) is 13.8 Å². The largest absolute Gasteiger partial charge is 0.493 e. The lowest BCUT2D eigenvalue weighted by Crippen LogP contribution is -2.42. The summed E-state index contributed by atoms with van der Waals surface area (Å²) in [6.07, 6.45) is 0.862. The maximum atomic E-state index is 12.4. The van der Waals surface area contributed by atoms with Crippen LogP contribution in [-0.4, -0.2) is 57.2 Å². The van der Waals surface area contributed by atoms with E-state index >= 15 is 0 Å². The minimum atomic E-state index is -0.271. The van der Waals surface area contributed by atoms with E-state index < -0.39 is 0 Å². The van der Waals surface area contributed by atoms with Crippen molar-refractivity contribution in [2.45, 2.75) is 33.2 Å². The van der Waals surface area contributed by atoms with Crippen LogP contribution in [0.4, 0.5) is 0 Å². The van der Waals surface area contributed by atoms with Crippen molar-refractivity contribution < 1.29 is 23.8 Å². The highest BCUT2D eigenvalue weighted by atomic mass is 16.5. The predicted octanol–water partition coefficient (Wildman–Crippen LogP) is 2.09. The summed E-state index contributed by atoms with van der Waals surface area (Å²) < 4.78 is 15.7. The Morgan fingerprint density at radius 2 is 1.68 bits per heavy atom. The smallest absolute Gasteiger partial charge is 0.251 e. The van der Waals surface area contributed by atoms with E-state index in [4.69, 9.17) is 14.2 Å². The Morgan fingerprint density at radius 3 is 2.08 bits per heavy atom. The summed E-state index contributed by atoms with van der Waals surface area (Å²) in [5.74, 6) is 0.985. The second-order valence-electron chi connectivity index (χ2n) is 5.64. The van der Waals surface area contributed by atoms with Crippen molar-refractivity contribution in [3.05, 3.63) is 17.7 Å². The molecular formula is C18H28N2O5. The fraction of sp³-hybridized carbons (Fsp3) is 0.556. The Balaban J connectivity index is 2.82. The number of hydrogen-bond donors (Lipinski definition) is 1. The first-order valence-electron chi connectivity index (χ1n) is 8.24. The van der Waals surface area contributed by atoms with Crippen LogP contribution in [0.5, 0.6) is 17.2 Å². The Kier molecular flexibility index (Phi) is 8.04. The summed E-state index contributed by atoms with van der Waals surface area (Å²) in [5, 5.41) is 2.82. The molecule has 1 rings (SSSR count). The topological polar surface area (TPSA) is 77.1 Å². The Bertz CT molecular complexity index is 578. The summed E-state index contributed by atoms with van der Waals surface area (Å²) >= 11 is 0. The lowest BCUT2D eigenvalue weighted by atomic mass is 10.1. The number of amides is 2. The molecule has 7 nitrogen and oxygen atoms in total. The zero-order chi connectivity index (χ0) is 19.0. The van der Waals surface area contributed by atoms with E-state index in [-0.39, 0.29) is 17.9 Å². The first kappa shape index (κ1) is 20.6. The lowest BCUT2D eigenvalue weighted by molar-refractivity contribution is -0.130. The molecule has 0 aliphatic rings. The van der Waals surface area contributed by atoms with Gasteiger partial charge in [0.1, 0.15) is 0 Å². The first-order valence-corrected chi connectivity index (χ1v) is 8.24. The van der Waals surface area contributed by atoms with Crippen LogP contribution in [0.25, 0.3) is 0 Å². The summed E-state index contributed by atoms with van der Waals surface area (Å²) in [6, 6.07) is 3.32. The van der Waals surface area contributed by atoms with Gasteiger partial charge in [0.15, 0.2) is 11.5 Å². The van der Waals surface area contributed by atoms with Gasteiger partial charge in [-0.25, -0.2) is 0 Å². The van der Waals surface area contributed by atoms with Crippen LogP contribution >= 0.6 is 0 Å². The van der Waals surface area contributed by atoms with Crippen LogP contribution in [-0.2, 0) is 4.79 Å². The molecule has 1 aromatic rings. The monoisotopic (exact) mass is 352 g/mol. The van der Waals surface area contributed by atoms with E-state index in [1.54, 1.807) is 17.0 Å². The lowest BCUT2D eigenvalue weighted by Gasteiger charge is -2.27. The third kappa shape index (κ3) is 5.27. The number of benzene rings is 1. The number of methoxy groups -OCH3 is 3. The summed E-state index contributed by atoms with van der Waals surface area (Å²) in [6.45, 7) is 6.37. The van der Waals surface area contributed by atoms with Gasteiger partial charge in [-0.1, -0.05) is 6.92 Å². The van der Waals surface area contributed by atoms with Crippen LogP contribution in [0.1, 0.15) is 37.6 Å². The summed E-state index contributed by atoms with van der Waals surface area (Å²) in [7, 11) is 4.50. The molecule has 140 valence electrons. The van der Waals surface area contributed by atoms with Gasteiger partial charge in [-0.3, -0.25) is 9.59 Å². The Hall–Kier alpha value is -2.44. The maximum Gasteiger partial charge on any atom is 0.251 e. The molecule has 25 heavy (non-hydrogen) atoms. The number of rotatable bonds is 9. The van der Waals surface area contributed by atoms with Gasteiger partial charge >= 0.3 is 0 Å². The Morgan fingerprint density at radius 1 is 1.12 bits per heavy atom.